The lowest BCUT2D eigenvalue weighted by Gasteiger charge is -1.97. The second-order valence-electron chi connectivity index (χ2n) is 3.96. The van der Waals surface area contributed by atoms with Gasteiger partial charge in [-0.2, -0.15) is 0 Å². The van der Waals surface area contributed by atoms with E-state index in [0.29, 0.717) is 12.3 Å². The van der Waals surface area contributed by atoms with Gasteiger partial charge in [0.15, 0.2) is 11.7 Å². The Kier molecular flexibility index (Phi) is 3.77. The van der Waals surface area contributed by atoms with Gasteiger partial charge in [-0.3, -0.25) is 4.79 Å². The first-order valence-corrected chi connectivity index (χ1v) is 5.79. The van der Waals surface area contributed by atoms with E-state index in [4.69, 9.17) is 4.42 Å². The van der Waals surface area contributed by atoms with E-state index in [1.165, 1.54) is 7.11 Å². The van der Waals surface area contributed by atoms with Gasteiger partial charge in [-0.15, -0.1) is 0 Å². The van der Waals surface area contributed by atoms with Crippen LogP contribution in [0.1, 0.15) is 18.0 Å². The molecule has 18 heavy (non-hydrogen) atoms. The Morgan fingerprint density at radius 3 is 2.72 bits per heavy atom. The molecule has 0 N–H and O–H groups in total. The van der Waals surface area contributed by atoms with Crippen molar-refractivity contribution in [3.8, 4) is 11.3 Å². The summed E-state index contributed by atoms with van der Waals surface area (Å²) in [7, 11) is 1.37. The highest BCUT2D eigenvalue weighted by atomic mass is 16.5. The van der Waals surface area contributed by atoms with Crippen molar-refractivity contribution in [2.45, 2.75) is 19.8 Å². The molecule has 0 unspecified atom stereocenters. The van der Waals surface area contributed by atoms with Crippen LogP contribution in [-0.4, -0.2) is 18.1 Å². The molecule has 0 saturated carbocycles. The highest BCUT2D eigenvalue weighted by Gasteiger charge is 2.12. The zero-order valence-corrected chi connectivity index (χ0v) is 10.5. The molecule has 4 heteroatoms. The number of methoxy groups -OCH3 is 1. The number of aromatic nitrogens is 1. The number of benzene rings is 1. The molecule has 0 amide bonds. The van der Waals surface area contributed by atoms with Crippen molar-refractivity contribution in [2.75, 3.05) is 7.11 Å². The number of carbonyl (C=O) groups excluding carboxylic acids is 1. The van der Waals surface area contributed by atoms with Crippen molar-refractivity contribution < 1.29 is 13.9 Å². The molecule has 0 radical (unpaired) electrons. The topological polar surface area (TPSA) is 52.3 Å². The van der Waals surface area contributed by atoms with E-state index in [9.17, 15) is 4.79 Å². The number of oxazole rings is 1. The lowest BCUT2D eigenvalue weighted by Crippen LogP contribution is -2.01. The van der Waals surface area contributed by atoms with Gasteiger partial charge in [0.05, 0.1) is 19.2 Å². The Bertz CT molecular complexity index is 531. The van der Waals surface area contributed by atoms with E-state index in [1.54, 1.807) is 0 Å². The molecule has 0 aliphatic rings. The molecule has 1 aromatic heterocycles. The van der Waals surface area contributed by atoms with Crippen LogP contribution in [0.3, 0.4) is 0 Å². The SMILES string of the molecule is COC(=O)CCc1nc(C)c(-c2ccccc2)o1. The second kappa shape index (κ2) is 5.49. The molecule has 0 atom stereocenters. The fraction of sp³-hybridized carbons (Fsp3) is 0.286. The number of aryl methyl sites for hydroxylation is 2. The fourth-order valence-electron chi connectivity index (χ4n) is 1.73. The minimum atomic E-state index is -0.257. The van der Waals surface area contributed by atoms with Gasteiger partial charge in [-0.05, 0) is 6.92 Å². The molecule has 0 bridgehead atoms. The monoisotopic (exact) mass is 245 g/mol. The van der Waals surface area contributed by atoms with Crippen molar-refractivity contribution in [3.05, 3.63) is 41.9 Å². The van der Waals surface area contributed by atoms with E-state index in [1.807, 2.05) is 37.3 Å². The zero-order chi connectivity index (χ0) is 13.0. The van der Waals surface area contributed by atoms with Crippen LogP contribution >= 0.6 is 0 Å². The molecular weight excluding hydrogens is 230 g/mol. The summed E-state index contributed by atoms with van der Waals surface area (Å²) in [5.41, 5.74) is 1.83. The maximum absolute atomic E-state index is 11.1. The Morgan fingerprint density at radius 1 is 1.33 bits per heavy atom. The predicted octanol–water partition coefficient (Wildman–Crippen LogP) is 2.76. The van der Waals surface area contributed by atoms with Crippen LogP contribution in [0.2, 0.25) is 0 Å². The van der Waals surface area contributed by atoms with Crippen molar-refractivity contribution >= 4 is 5.97 Å². The standard InChI is InChI=1S/C14H15NO3/c1-10-14(11-6-4-3-5-7-11)18-12(15-10)8-9-13(16)17-2/h3-7H,8-9H2,1-2H3. The molecule has 0 aliphatic carbocycles. The second-order valence-corrected chi connectivity index (χ2v) is 3.96. The molecule has 1 heterocycles. The molecule has 1 aromatic carbocycles. The van der Waals surface area contributed by atoms with E-state index < -0.39 is 0 Å². The van der Waals surface area contributed by atoms with Crippen LogP contribution in [0.4, 0.5) is 0 Å². The van der Waals surface area contributed by atoms with Gasteiger partial charge < -0.3 is 9.15 Å². The molecule has 0 fully saturated rings. The van der Waals surface area contributed by atoms with E-state index in [-0.39, 0.29) is 12.4 Å². The number of rotatable bonds is 4. The summed E-state index contributed by atoms with van der Waals surface area (Å²) in [6.07, 6.45) is 0.741. The van der Waals surface area contributed by atoms with Gasteiger partial charge in [-0.1, -0.05) is 30.3 Å². The third-order valence-electron chi connectivity index (χ3n) is 2.65. The Balaban J connectivity index is 2.15. The summed E-state index contributed by atoms with van der Waals surface area (Å²) in [6.45, 7) is 1.90. The van der Waals surface area contributed by atoms with Gasteiger partial charge in [0, 0.05) is 12.0 Å². The first-order chi connectivity index (χ1) is 8.70. The van der Waals surface area contributed by atoms with Crippen LogP contribution < -0.4 is 0 Å². The lowest BCUT2D eigenvalue weighted by atomic mass is 10.1. The third kappa shape index (κ3) is 2.77. The summed E-state index contributed by atoms with van der Waals surface area (Å²) < 4.78 is 10.3. The first-order valence-electron chi connectivity index (χ1n) is 5.79. The maximum atomic E-state index is 11.1. The first kappa shape index (κ1) is 12.4. The van der Waals surface area contributed by atoms with Crippen molar-refractivity contribution in [1.29, 1.82) is 0 Å². The fourth-order valence-corrected chi connectivity index (χ4v) is 1.73. The van der Waals surface area contributed by atoms with Crippen molar-refractivity contribution in [1.82, 2.24) is 4.98 Å². The Morgan fingerprint density at radius 2 is 2.06 bits per heavy atom. The van der Waals surface area contributed by atoms with Gasteiger partial charge in [0.25, 0.3) is 0 Å². The van der Waals surface area contributed by atoms with E-state index >= 15 is 0 Å². The summed E-state index contributed by atoms with van der Waals surface area (Å²) in [5.74, 6) is 1.07. The van der Waals surface area contributed by atoms with Crippen molar-refractivity contribution in [2.24, 2.45) is 0 Å². The molecular formula is C14H15NO3. The summed E-state index contributed by atoms with van der Waals surface area (Å²) in [5, 5.41) is 0. The molecule has 0 saturated heterocycles. The molecule has 0 aliphatic heterocycles. The summed E-state index contributed by atoms with van der Waals surface area (Å²) in [6, 6.07) is 9.79. The number of hydrogen-bond acceptors (Lipinski definition) is 4. The van der Waals surface area contributed by atoms with Crippen LogP contribution in [0.25, 0.3) is 11.3 Å². The lowest BCUT2D eigenvalue weighted by molar-refractivity contribution is -0.140. The van der Waals surface area contributed by atoms with E-state index in [2.05, 4.69) is 9.72 Å². The minimum absolute atomic E-state index is 0.257. The average molecular weight is 245 g/mol. The van der Waals surface area contributed by atoms with Crippen LogP contribution in [-0.2, 0) is 16.0 Å². The number of ether oxygens (including phenoxy) is 1. The smallest absolute Gasteiger partial charge is 0.306 e. The predicted molar refractivity (Wildman–Crippen MR) is 67.0 cm³/mol. The van der Waals surface area contributed by atoms with Gasteiger partial charge >= 0.3 is 5.97 Å². The highest BCUT2D eigenvalue weighted by Crippen LogP contribution is 2.24. The summed E-state index contributed by atoms with van der Waals surface area (Å²) in [4.78, 5) is 15.4. The number of esters is 1. The third-order valence-corrected chi connectivity index (χ3v) is 2.65. The number of nitrogens with zero attached hydrogens (tertiary/aromatic N) is 1. The largest absolute Gasteiger partial charge is 0.469 e. The van der Waals surface area contributed by atoms with Crippen LogP contribution in [0, 0.1) is 6.92 Å². The highest BCUT2D eigenvalue weighted by molar-refractivity contribution is 5.69. The van der Waals surface area contributed by atoms with Gasteiger partial charge in [0.1, 0.15) is 0 Å². The Hall–Kier alpha value is -2.10. The van der Waals surface area contributed by atoms with E-state index in [0.717, 1.165) is 17.0 Å². The number of carbonyl (C=O) groups is 1. The molecule has 0 spiro atoms. The van der Waals surface area contributed by atoms with Gasteiger partial charge in [0.2, 0.25) is 0 Å². The quantitative estimate of drug-likeness (QED) is 0.777. The average Bonchev–Trinajstić information content (AvgIpc) is 2.78. The van der Waals surface area contributed by atoms with Crippen molar-refractivity contribution in [3.63, 3.8) is 0 Å². The van der Waals surface area contributed by atoms with Crippen LogP contribution in [0.15, 0.2) is 34.7 Å². The molecule has 2 rings (SSSR count). The zero-order valence-electron chi connectivity index (χ0n) is 10.5. The molecule has 2 aromatic rings. The normalized spacial score (nSPS) is 10.3. The molecule has 94 valence electrons. The van der Waals surface area contributed by atoms with Gasteiger partial charge in [-0.25, -0.2) is 4.98 Å². The maximum Gasteiger partial charge on any atom is 0.306 e. The minimum Gasteiger partial charge on any atom is -0.469 e. The summed E-state index contributed by atoms with van der Waals surface area (Å²) >= 11 is 0. The number of hydrogen-bond donors (Lipinski definition) is 0. The van der Waals surface area contributed by atoms with Crippen LogP contribution in [0.5, 0.6) is 0 Å². The Labute approximate surface area is 106 Å². The molecule has 4 nitrogen and oxygen atoms in total.